The first-order chi connectivity index (χ1) is 15.8. The Morgan fingerprint density at radius 1 is 1.06 bits per heavy atom. The summed E-state index contributed by atoms with van der Waals surface area (Å²) in [4.78, 5) is 23.4. The van der Waals surface area contributed by atoms with Crippen molar-refractivity contribution in [3.05, 3.63) is 29.8 Å². The average Bonchev–Trinajstić information content (AvgIpc) is 3.03. The second-order valence-electron chi connectivity index (χ2n) is 10.4. The Kier molecular flexibility index (Phi) is 6.29. The zero-order valence-corrected chi connectivity index (χ0v) is 20.1. The fraction of sp³-hybridized carbons (Fsp3) is 0.731. The van der Waals surface area contributed by atoms with Crippen LogP contribution >= 0.6 is 0 Å². The molecule has 1 aromatic rings. The summed E-state index contributed by atoms with van der Waals surface area (Å²) in [6.45, 7) is 9.07. The average molecular weight is 461 g/mol. The van der Waals surface area contributed by atoms with Gasteiger partial charge in [0.05, 0.1) is 13.2 Å². The van der Waals surface area contributed by atoms with Gasteiger partial charge in [0.1, 0.15) is 5.75 Å². The number of ether oxygens (including phenoxy) is 4. The summed E-state index contributed by atoms with van der Waals surface area (Å²) in [6, 6.07) is 7.22. The highest BCUT2D eigenvalue weighted by molar-refractivity contribution is 5.94. The van der Waals surface area contributed by atoms with E-state index in [4.69, 9.17) is 28.7 Å². The normalized spacial score (nSPS) is 41.8. The van der Waals surface area contributed by atoms with Crippen LogP contribution in [-0.2, 0) is 24.0 Å². The van der Waals surface area contributed by atoms with Gasteiger partial charge in [-0.05, 0) is 69.2 Å². The van der Waals surface area contributed by atoms with Crippen LogP contribution in [0.5, 0.6) is 5.75 Å². The van der Waals surface area contributed by atoms with Crippen LogP contribution in [0.1, 0.15) is 70.2 Å². The molecule has 4 saturated heterocycles. The van der Waals surface area contributed by atoms with Crippen molar-refractivity contribution in [2.45, 2.75) is 83.8 Å². The Morgan fingerprint density at radius 3 is 2.61 bits per heavy atom. The molecular formula is C26H36O7. The van der Waals surface area contributed by atoms with Crippen molar-refractivity contribution in [1.29, 1.82) is 0 Å². The fourth-order valence-corrected chi connectivity index (χ4v) is 6.30. The van der Waals surface area contributed by atoms with Crippen LogP contribution in [0.4, 0.5) is 0 Å². The van der Waals surface area contributed by atoms with E-state index in [2.05, 4.69) is 13.8 Å². The van der Waals surface area contributed by atoms with Gasteiger partial charge in [-0.1, -0.05) is 13.8 Å². The van der Waals surface area contributed by atoms with Crippen molar-refractivity contribution in [2.24, 2.45) is 23.7 Å². The molecule has 1 spiro atoms. The van der Waals surface area contributed by atoms with Crippen molar-refractivity contribution in [3.63, 3.8) is 0 Å². The van der Waals surface area contributed by atoms with Crippen LogP contribution in [0.3, 0.4) is 0 Å². The highest BCUT2D eigenvalue weighted by Crippen LogP contribution is 2.60. The summed E-state index contributed by atoms with van der Waals surface area (Å²) in [7, 11) is 0. The molecule has 1 aliphatic carbocycles. The van der Waals surface area contributed by atoms with E-state index < -0.39 is 17.7 Å². The number of benzene rings is 1. The van der Waals surface area contributed by atoms with E-state index in [0.717, 1.165) is 31.4 Å². The Bertz CT molecular complexity index is 857. The van der Waals surface area contributed by atoms with Crippen molar-refractivity contribution >= 4 is 5.78 Å². The van der Waals surface area contributed by atoms with Crippen LogP contribution in [0.2, 0.25) is 0 Å². The minimum Gasteiger partial charge on any atom is -0.494 e. The summed E-state index contributed by atoms with van der Waals surface area (Å²) in [5.74, 6) is 1.37. The van der Waals surface area contributed by atoms with Crippen molar-refractivity contribution in [1.82, 2.24) is 0 Å². The third-order valence-electron chi connectivity index (χ3n) is 8.20. The molecule has 33 heavy (non-hydrogen) atoms. The maximum atomic E-state index is 11.4. The van der Waals surface area contributed by atoms with Crippen molar-refractivity contribution < 1.29 is 33.5 Å². The van der Waals surface area contributed by atoms with Gasteiger partial charge in [-0.15, -0.1) is 0 Å². The number of rotatable bonds is 7. The molecule has 1 unspecified atom stereocenters. The van der Waals surface area contributed by atoms with Gasteiger partial charge in [0.2, 0.25) is 5.79 Å². The van der Waals surface area contributed by atoms with Crippen LogP contribution in [-0.4, -0.2) is 43.0 Å². The SMILES string of the molecule is CC(=O)c1ccc(OCCCO[C@H]2O[C@@H]3O[C@@]4(C)CCC5[C@H](C)CC[C@@H]([C@H]2C)[C@]53OO4)cc1. The summed E-state index contributed by atoms with van der Waals surface area (Å²) < 4.78 is 24.8. The van der Waals surface area contributed by atoms with Crippen LogP contribution in [0.15, 0.2) is 24.3 Å². The molecule has 2 bridgehead atoms. The highest BCUT2D eigenvalue weighted by atomic mass is 17.3. The number of ketones is 1. The number of Topliss-reactive ketones (excluding diaryl/α,β-unsaturated/α-hetero) is 1. The lowest BCUT2D eigenvalue weighted by atomic mass is 9.58. The largest absolute Gasteiger partial charge is 0.494 e. The highest BCUT2D eigenvalue weighted by Gasteiger charge is 2.69. The molecular weight excluding hydrogens is 424 g/mol. The standard InChI is InChI=1S/C26H36O7/c1-16-6-11-22-17(2)23(29-15-5-14-28-20-9-7-19(8-10-20)18(3)27)30-24-26(22)21(16)12-13-25(4,31-24)32-33-26/h7-10,16-17,21-24H,5-6,11-15H2,1-4H3/t16-,17-,21?,22+,23+,24-,25-,26-/m1/s1. The van der Waals surface area contributed by atoms with Gasteiger partial charge in [0.15, 0.2) is 24.0 Å². The van der Waals surface area contributed by atoms with Gasteiger partial charge in [0, 0.05) is 30.2 Å². The molecule has 8 atom stereocenters. The molecule has 1 aromatic carbocycles. The first-order valence-electron chi connectivity index (χ1n) is 12.4. The molecule has 5 aliphatic rings. The lowest BCUT2D eigenvalue weighted by molar-refractivity contribution is -0.577. The second kappa shape index (κ2) is 8.93. The number of hydrogen-bond donors (Lipinski definition) is 0. The molecule has 6 rings (SSSR count). The summed E-state index contributed by atoms with van der Waals surface area (Å²) >= 11 is 0. The van der Waals surface area contributed by atoms with E-state index in [1.54, 1.807) is 19.1 Å². The van der Waals surface area contributed by atoms with E-state index in [1.807, 2.05) is 19.1 Å². The Balaban J connectivity index is 1.18. The molecule has 1 saturated carbocycles. The molecule has 7 nitrogen and oxygen atoms in total. The Labute approximate surface area is 195 Å². The summed E-state index contributed by atoms with van der Waals surface area (Å²) in [5, 5.41) is 0. The fourth-order valence-electron chi connectivity index (χ4n) is 6.30. The minimum absolute atomic E-state index is 0.0499. The first kappa shape index (κ1) is 23.2. The van der Waals surface area contributed by atoms with Crippen LogP contribution in [0, 0.1) is 23.7 Å². The predicted molar refractivity (Wildman–Crippen MR) is 119 cm³/mol. The van der Waals surface area contributed by atoms with Gasteiger partial charge in [-0.25, -0.2) is 9.78 Å². The smallest absolute Gasteiger partial charge is 0.201 e. The molecule has 0 radical (unpaired) electrons. The molecule has 7 heteroatoms. The van der Waals surface area contributed by atoms with Crippen molar-refractivity contribution in [2.75, 3.05) is 13.2 Å². The molecule has 0 N–H and O–H groups in total. The zero-order valence-electron chi connectivity index (χ0n) is 20.1. The van der Waals surface area contributed by atoms with E-state index in [-0.39, 0.29) is 23.9 Å². The van der Waals surface area contributed by atoms with Gasteiger partial charge < -0.3 is 18.9 Å². The molecule has 0 amide bonds. The number of hydrogen-bond acceptors (Lipinski definition) is 7. The number of carbonyl (C=O) groups is 1. The number of carbonyl (C=O) groups excluding carboxylic acids is 1. The minimum atomic E-state index is -0.769. The summed E-state index contributed by atoms with van der Waals surface area (Å²) in [6.07, 6.45) is 3.98. The second-order valence-corrected chi connectivity index (χ2v) is 10.4. The monoisotopic (exact) mass is 460 g/mol. The Hall–Kier alpha value is -1.51. The van der Waals surface area contributed by atoms with Crippen molar-refractivity contribution in [3.8, 4) is 5.75 Å². The van der Waals surface area contributed by atoms with Crippen LogP contribution in [0.25, 0.3) is 0 Å². The lowest BCUT2D eigenvalue weighted by Gasteiger charge is -2.60. The Morgan fingerprint density at radius 2 is 1.85 bits per heavy atom. The molecule has 0 aromatic heterocycles. The quantitative estimate of drug-likeness (QED) is 0.326. The molecule has 5 fully saturated rings. The maximum Gasteiger partial charge on any atom is 0.201 e. The van der Waals surface area contributed by atoms with Gasteiger partial charge in [-0.2, -0.15) is 0 Å². The summed E-state index contributed by atoms with van der Waals surface area (Å²) in [5.41, 5.74) is 0.131. The molecule has 4 aliphatic heterocycles. The van der Waals surface area contributed by atoms with Gasteiger partial charge in [-0.3, -0.25) is 4.79 Å². The third-order valence-corrected chi connectivity index (χ3v) is 8.20. The maximum absolute atomic E-state index is 11.4. The number of fused-ring (bicyclic) bond motifs is 2. The van der Waals surface area contributed by atoms with E-state index in [9.17, 15) is 4.79 Å². The zero-order chi connectivity index (χ0) is 23.2. The first-order valence-corrected chi connectivity index (χ1v) is 12.4. The van der Waals surface area contributed by atoms with E-state index in [0.29, 0.717) is 30.6 Å². The molecule has 4 heterocycles. The van der Waals surface area contributed by atoms with Gasteiger partial charge in [0.25, 0.3) is 0 Å². The van der Waals surface area contributed by atoms with E-state index >= 15 is 0 Å². The predicted octanol–water partition coefficient (Wildman–Crippen LogP) is 4.88. The molecule has 182 valence electrons. The van der Waals surface area contributed by atoms with Gasteiger partial charge >= 0.3 is 0 Å². The van der Waals surface area contributed by atoms with E-state index in [1.165, 1.54) is 6.42 Å². The van der Waals surface area contributed by atoms with Crippen LogP contribution < -0.4 is 4.74 Å². The topological polar surface area (TPSA) is 72.5 Å². The third kappa shape index (κ3) is 4.12. The lowest BCUT2D eigenvalue weighted by Crippen LogP contribution is -2.70.